The molecule has 0 fully saturated rings. The third-order valence-corrected chi connectivity index (χ3v) is 6.33. The molecule has 8 heteroatoms. The predicted molar refractivity (Wildman–Crippen MR) is 112 cm³/mol. The number of thioether (sulfide) groups is 1. The molecule has 5 nitrogen and oxygen atoms in total. The van der Waals surface area contributed by atoms with Gasteiger partial charge in [0, 0.05) is 27.2 Å². The van der Waals surface area contributed by atoms with Crippen LogP contribution in [0.4, 0.5) is 5.69 Å². The molecule has 0 saturated carbocycles. The fraction of sp³-hybridized carbons (Fsp3) is 0.158. The van der Waals surface area contributed by atoms with Crippen LogP contribution in [0.1, 0.15) is 0 Å². The molecule has 138 valence electrons. The van der Waals surface area contributed by atoms with E-state index in [1.165, 1.54) is 23.1 Å². The van der Waals surface area contributed by atoms with Gasteiger partial charge in [-0.1, -0.05) is 39.8 Å². The van der Waals surface area contributed by atoms with E-state index in [4.69, 9.17) is 9.47 Å². The molecule has 2 aromatic carbocycles. The van der Waals surface area contributed by atoms with Gasteiger partial charge in [0.05, 0.1) is 11.4 Å². The second kappa shape index (κ2) is 8.33. The molecule has 3 aromatic rings. The van der Waals surface area contributed by atoms with Crippen molar-refractivity contribution in [3.8, 4) is 22.8 Å². The summed E-state index contributed by atoms with van der Waals surface area (Å²) in [5, 5.41) is 4.89. The fourth-order valence-corrected chi connectivity index (χ4v) is 4.42. The number of amides is 1. The lowest BCUT2D eigenvalue weighted by Crippen LogP contribution is -2.17. The highest BCUT2D eigenvalue weighted by atomic mass is 79.9. The number of nitrogens with zero attached hydrogens (tertiary/aromatic N) is 1. The van der Waals surface area contributed by atoms with E-state index < -0.39 is 0 Å². The smallest absolute Gasteiger partial charge is 0.234 e. The zero-order chi connectivity index (χ0) is 18.6. The highest BCUT2D eigenvalue weighted by Crippen LogP contribution is 2.33. The van der Waals surface area contributed by atoms with Crippen LogP contribution in [0.25, 0.3) is 11.3 Å². The van der Waals surface area contributed by atoms with Crippen LogP contribution in [-0.2, 0) is 4.79 Å². The number of fused-ring (bicyclic) bond motifs is 1. The van der Waals surface area contributed by atoms with Crippen molar-refractivity contribution in [1.82, 2.24) is 4.98 Å². The monoisotopic (exact) mass is 462 g/mol. The van der Waals surface area contributed by atoms with Crippen LogP contribution in [0, 0.1) is 0 Å². The standard InChI is InChI=1S/C19H15BrN2O3S2/c20-13-3-1-12(2-4-13)15-10-26-19(22-15)27-11-18(23)21-14-5-6-16-17(9-14)25-8-7-24-16/h1-6,9-10H,7-8,11H2,(H,21,23). The van der Waals surface area contributed by atoms with Gasteiger partial charge >= 0.3 is 0 Å². The molecule has 27 heavy (non-hydrogen) atoms. The Morgan fingerprint density at radius 3 is 2.74 bits per heavy atom. The lowest BCUT2D eigenvalue weighted by atomic mass is 10.2. The van der Waals surface area contributed by atoms with Gasteiger partial charge in [0.1, 0.15) is 13.2 Å². The van der Waals surface area contributed by atoms with E-state index in [0.717, 1.165) is 20.1 Å². The molecular formula is C19H15BrN2O3S2. The minimum Gasteiger partial charge on any atom is -0.486 e. The van der Waals surface area contributed by atoms with Crippen molar-refractivity contribution in [3.05, 3.63) is 52.3 Å². The average molecular weight is 463 g/mol. The molecule has 0 radical (unpaired) electrons. The van der Waals surface area contributed by atoms with Gasteiger partial charge in [0.2, 0.25) is 5.91 Å². The van der Waals surface area contributed by atoms with Crippen molar-refractivity contribution in [2.45, 2.75) is 4.34 Å². The first-order valence-corrected chi connectivity index (χ1v) is 10.9. The number of thiazole rings is 1. The fourth-order valence-electron chi connectivity index (χ4n) is 2.52. The molecule has 0 saturated heterocycles. The van der Waals surface area contributed by atoms with E-state index in [-0.39, 0.29) is 5.91 Å². The number of aromatic nitrogens is 1. The summed E-state index contributed by atoms with van der Waals surface area (Å²) >= 11 is 6.39. The summed E-state index contributed by atoms with van der Waals surface area (Å²) in [5.74, 6) is 1.57. The average Bonchev–Trinajstić information content (AvgIpc) is 3.16. The Morgan fingerprint density at radius 1 is 1.15 bits per heavy atom. The zero-order valence-corrected chi connectivity index (χ0v) is 17.3. The summed E-state index contributed by atoms with van der Waals surface area (Å²) in [5.41, 5.74) is 2.67. The minimum absolute atomic E-state index is 0.0860. The van der Waals surface area contributed by atoms with Crippen molar-refractivity contribution in [2.24, 2.45) is 0 Å². The summed E-state index contributed by atoms with van der Waals surface area (Å²) < 4.78 is 12.9. The van der Waals surface area contributed by atoms with Gasteiger partial charge < -0.3 is 14.8 Å². The maximum Gasteiger partial charge on any atom is 0.234 e. The Morgan fingerprint density at radius 2 is 1.93 bits per heavy atom. The lowest BCUT2D eigenvalue weighted by Gasteiger charge is -2.18. The summed E-state index contributed by atoms with van der Waals surface area (Å²) in [7, 11) is 0. The van der Waals surface area contributed by atoms with Gasteiger partial charge in [0.25, 0.3) is 0 Å². The molecule has 2 heterocycles. The second-order valence-electron chi connectivity index (χ2n) is 5.70. The van der Waals surface area contributed by atoms with E-state index in [0.29, 0.717) is 36.2 Å². The molecule has 1 aliphatic heterocycles. The molecular weight excluding hydrogens is 448 g/mol. The van der Waals surface area contributed by atoms with Crippen LogP contribution >= 0.6 is 39.0 Å². The lowest BCUT2D eigenvalue weighted by molar-refractivity contribution is -0.113. The third-order valence-electron chi connectivity index (χ3n) is 3.78. The topological polar surface area (TPSA) is 60.5 Å². The highest BCUT2D eigenvalue weighted by molar-refractivity contribution is 9.10. The Balaban J connectivity index is 1.34. The van der Waals surface area contributed by atoms with E-state index in [9.17, 15) is 4.79 Å². The summed E-state index contributed by atoms with van der Waals surface area (Å²) in [4.78, 5) is 16.8. The van der Waals surface area contributed by atoms with Crippen molar-refractivity contribution in [1.29, 1.82) is 0 Å². The number of benzene rings is 2. The number of anilines is 1. The van der Waals surface area contributed by atoms with E-state index in [1.54, 1.807) is 6.07 Å². The minimum atomic E-state index is -0.0860. The largest absolute Gasteiger partial charge is 0.486 e. The number of ether oxygens (including phenoxy) is 2. The first kappa shape index (κ1) is 18.3. The zero-order valence-electron chi connectivity index (χ0n) is 14.1. The number of halogens is 1. The van der Waals surface area contributed by atoms with Gasteiger partial charge in [-0.05, 0) is 24.3 Å². The summed E-state index contributed by atoms with van der Waals surface area (Å²) in [6.45, 7) is 1.07. The second-order valence-corrected chi connectivity index (χ2v) is 8.70. The molecule has 0 aliphatic carbocycles. The first-order valence-electron chi connectivity index (χ1n) is 8.21. The normalized spacial score (nSPS) is 12.6. The van der Waals surface area contributed by atoms with Crippen LogP contribution in [0.5, 0.6) is 11.5 Å². The maximum absolute atomic E-state index is 12.2. The number of rotatable bonds is 5. The third kappa shape index (κ3) is 4.63. The van der Waals surface area contributed by atoms with Crippen molar-refractivity contribution < 1.29 is 14.3 Å². The Labute approximate surface area is 173 Å². The summed E-state index contributed by atoms with van der Waals surface area (Å²) in [6.07, 6.45) is 0. The van der Waals surface area contributed by atoms with Crippen LogP contribution in [0.15, 0.2) is 56.7 Å². The Hall–Kier alpha value is -2.03. The Kier molecular flexibility index (Phi) is 5.66. The number of carbonyl (C=O) groups is 1. The van der Waals surface area contributed by atoms with Gasteiger partial charge in [-0.25, -0.2) is 4.98 Å². The summed E-state index contributed by atoms with van der Waals surface area (Å²) in [6, 6.07) is 13.4. The molecule has 0 unspecified atom stereocenters. The molecule has 0 atom stereocenters. The van der Waals surface area contributed by atoms with E-state index >= 15 is 0 Å². The predicted octanol–water partition coefficient (Wildman–Crippen LogP) is 5.07. The number of hydrogen-bond acceptors (Lipinski definition) is 6. The Bertz CT molecular complexity index is 960. The quantitative estimate of drug-likeness (QED) is 0.535. The number of hydrogen-bond donors (Lipinski definition) is 1. The molecule has 1 N–H and O–H groups in total. The van der Waals surface area contributed by atoms with Crippen molar-refractivity contribution >= 4 is 50.6 Å². The maximum atomic E-state index is 12.2. The molecule has 1 amide bonds. The molecule has 1 aromatic heterocycles. The molecule has 1 aliphatic rings. The SMILES string of the molecule is O=C(CSc1nc(-c2ccc(Br)cc2)cs1)Nc1ccc2c(c1)OCCO2. The van der Waals surface area contributed by atoms with Crippen LogP contribution < -0.4 is 14.8 Å². The molecule has 0 bridgehead atoms. The highest BCUT2D eigenvalue weighted by Gasteiger charge is 2.13. The van der Waals surface area contributed by atoms with Crippen LogP contribution in [-0.4, -0.2) is 29.9 Å². The van der Waals surface area contributed by atoms with Gasteiger partial charge in [-0.3, -0.25) is 4.79 Å². The van der Waals surface area contributed by atoms with Gasteiger partial charge in [0.15, 0.2) is 15.8 Å². The van der Waals surface area contributed by atoms with E-state index in [1.807, 2.05) is 41.8 Å². The number of carbonyl (C=O) groups excluding carboxylic acids is 1. The van der Waals surface area contributed by atoms with Crippen LogP contribution in [0.2, 0.25) is 0 Å². The van der Waals surface area contributed by atoms with Crippen LogP contribution in [0.3, 0.4) is 0 Å². The van der Waals surface area contributed by atoms with Crippen molar-refractivity contribution in [3.63, 3.8) is 0 Å². The number of nitrogens with one attached hydrogen (secondary N) is 1. The molecule has 0 spiro atoms. The van der Waals surface area contributed by atoms with Crippen molar-refractivity contribution in [2.75, 3.05) is 24.3 Å². The molecule has 4 rings (SSSR count). The van der Waals surface area contributed by atoms with E-state index in [2.05, 4.69) is 26.2 Å². The van der Waals surface area contributed by atoms with Gasteiger partial charge in [-0.2, -0.15) is 0 Å². The first-order chi connectivity index (χ1) is 13.2. The van der Waals surface area contributed by atoms with Gasteiger partial charge in [-0.15, -0.1) is 11.3 Å².